The molecule has 1 aliphatic heterocycles. The molecule has 0 atom stereocenters. The van der Waals surface area contributed by atoms with Crippen LogP contribution in [-0.2, 0) is 10.2 Å². The molecule has 0 aromatic heterocycles. The zero-order chi connectivity index (χ0) is 19.4. The van der Waals surface area contributed by atoms with E-state index >= 15 is 0 Å². The van der Waals surface area contributed by atoms with Gasteiger partial charge in [-0.3, -0.25) is 4.79 Å². The number of nitrogens with one attached hydrogen (secondary N) is 1. The topological polar surface area (TPSA) is 47.6 Å². The Morgan fingerprint density at radius 2 is 1.71 bits per heavy atom. The van der Waals surface area contributed by atoms with Gasteiger partial charge in [0.2, 0.25) is 0 Å². The molecule has 0 aliphatic carbocycles. The summed E-state index contributed by atoms with van der Waals surface area (Å²) in [7, 11) is 1.69. The average molecular weight is 375 g/mol. The lowest BCUT2D eigenvalue weighted by molar-refractivity contribution is 0.0479. The van der Waals surface area contributed by atoms with E-state index in [4.69, 9.17) is 9.47 Å². The first-order valence-corrected chi connectivity index (χ1v) is 9.71. The van der Waals surface area contributed by atoms with Crippen molar-refractivity contribution < 1.29 is 14.3 Å². The molecule has 0 spiro atoms. The molecule has 3 aromatic carbocycles. The zero-order valence-corrected chi connectivity index (χ0v) is 16.1. The van der Waals surface area contributed by atoms with Gasteiger partial charge in [0.15, 0.2) is 0 Å². The third kappa shape index (κ3) is 3.48. The van der Waals surface area contributed by atoms with Crippen molar-refractivity contribution in [1.29, 1.82) is 0 Å². The van der Waals surface area contributed by atoms with Crippen LogP contribution in [0.15, 0.2) is 66.7 Å². The molecule has 4 nitrogen and oxygen atoms in total. The minimum Gasteiger partial charge on any atom is -0.496 e. The molecule has 28 heavy (non-hydrogen) atoms. The maximum absolute atomic E-state index is 13.1. The van der Waals surface area contributed by atoms with E-state index in [0.717, 1.165) is 34.9 Å². The van der Waals surface area contributed by atoms with Gasteiger partial charge in [0.05, 0.1) is 7.11 Å². The Morgan fingerprint density at radius 3 is 2.54 bits per heavy atom. The van der Waals surface area contributed by atoms with Crippen LogP contribution in [0.25, 0.3) is 10.8 Å². The van der Waals surface area contributed by atoms with Gasteiger partial charge in [-0.05, 0) is 35.7 Å². The lowest BCUT2D eigenvalue weighted by Gasteiger charge is -2.38. The van der Waals surface area contributed by atoms with Gasteiger partial charge in [0.1, 0.15) is 5.75 Å². The number of amides is 1. The molecule has 0 bridgehead atoms. The molecular formula is C24H25NO3. The van der Waals surface area contributed by atoms with Crippen LogP contribution in [0.4, 0.5) is 0 Å². The first kappa shape index (κ1) is 18.5. The Kier molecular flexibility index (Phi) is 5.31. The first-order valence-electron chi connectivity index (χ1n) is 9.71. The molecule has 3 aromatic rings. The second-order valence-electron chi connectivity index (χ2n) is 7.30. The van der Waals surface area contributed by atoms with Gasteiger partial charge in [-0.15, -0.1) is 0 Å². The minimum atomic E-state index is -0.189. The molecule has 1 aliphatic rings. The largest absolute Gasteiger partial charge is 0.496 e. The predicted molar refractivity (Wildman–Crippen MR) is 111 cm³/mol. The number of carbonyl (C=O) groups is 1. The second kappa shape index (κ2) is 8.03. The molecule has 4 rings (SSSR count). The van der Waals surface area contributed by atoms with Crippen molar-refractivity contribution >= 4 is 16.7 Å². The van der Waals surface area contributed by atoms with Crippen molar-refractivity contribution in [3.05, 3.63) is 77.9 Å². The Hall–Kier alpha value is -2.85. The summed E-state index contributed by atoms with van der Waals surface area (Å²) in [5.41, 5.74) is 1.66. The van der Waals surface area contributed by atoms with Crippen molar-refractivity contribution in [3.63, 3.8) is 0 Å². The van der Waals surface area contributed by atoms with Crippen molar-refractivity contribution in [2.24, 2.45) is 0 Å². The average Bonchev–Trinajstić information content (AvgIpc) is 2.77. The van der Waals surface area contributed by atoms with Crippen LogP contribution in [0, 0.1) is 0 Å². The monoisotopic (exact) mass is 375 g/mol. The van der Waals surface area contributed by atoms with Gasteiger partial charge < -0.3 is 14.8 Å². The fourth-order valence-corrected chi connectivity index (χ4v) is 4.15. The molecule has 4 heteroatoms. The maximum Gasteiger partial charge on any atom is 0.251 e. The van der Waals surface area contributed by atoms with Gasteiger partial charge in [0, 0.05) is 36.3 Å². The normalized spacial score (nSPS) is 15.9. The summed E-state index contributed by atoms with van der Waals surface area (Å²) >= 11 is 0. The van der Waals surface area contributed by atoms with E-state index in [1.807, 2.05) is 60.7 Å². The molecule has 1 fully saturated rings. The van der Waals surface area contributed by atoms with Crippen LogP contribution in [-0.4, -0.2) is 32.8 Å². The third-order valence-electron chi connectivity index (χ3n) is 5.75. The Bertz CT molecular complexity index is 971. The molecule has 0 radical (unpaired) electrons. The fourth-order valence-electron chi connectivity index (χ4n) is 4.15. The number of methoxy groups -OCH3 is 1. The van der Waals surface area contributed by atoms with Gasteiger partial charge in [-0.25, -0.2) is 0 Å². The molecule has 1 heterocycles. The lowest BCUT2D eigenvalue weighted by Crippen LogP contribution is -2.44. The number of rotatable bonds is 5. The highest BCUT2D eigenvalue weighted by Crippen LogP contribution is 2.39. The molecular weight excluding hydrogens is 350 g/mol. The molecule has 1 N–H and O–H groups in total. The Morgan fingerprint density at radius 1 is 1.00 bits per heavy atom. The number of hydrogen-bond donors (Lipinski definition) is 1. The van der Waals surface area contributed by atoms with Gasteiger partial charge >= 0.3 is 0 Å². The summed E-state index contributed by atoms with van der Waals surface area (Å²) in [6.45, 7) is 1.92. The molecule has 0 saturated carbocycles. The number of carbonyl (C=O) groups excluding carboxylic acids is 1. The van der Waals surface area contributed by atoms with Crippen molar-refractivity contribution in [2.45, 2.75) is 18.3 Å². The molecule has 144 valence electrons. The van der Waals surface area contributed by atoms with Gasteiger partial charge in [-0.1, -0.05) is 54.6 Å². The summed E-state index contributed by atoms with van der Waals surface area (Å²) < 4.78 is 11.2. The number of ether oxygens (including phenoxy) is 2. The zero-order valence-electron chi connectivity index (χ0n) is 16.1. The van der Waals surface area contributed by atoms with Crippen molar-refractivity contribution in [3.8, 4) is 5.75 Å². The Labute approximate surface area is 165 Å². The van der Waals surface area contributed by atoms with E-state index in [1.165, 1.54) is 0 Å². The summed E-state index contributed by atoms with van der Waals surface area (Å²) in [4.78, 5) is 13.1. The minimum absolute atomic E-state index is 0.0439. The van der Waals surface area contributed by atoms with Crippen molar-refractivity contribution in [1.82, 2.24) is 5.32 Å². The van der Waals surface area contributed by atoms with E-state index in [0.29, 0.717) is 25.3 Å². The van der Waals surface area contributed by atoms with Crippen LogP contribution in [0.2, 0.25) is 0 Å². The van der Waals surface area contributed by atoms with Gasteiger partial charge in [0.25, 0.3) is 5.91 Å². The summed E-state index contributed by atoms with van der Waals surface area (Å²) in [6.07, 6.45) is 1.70. The van der Waals surface area contributed by atoms with E-state index in [9.17, 15) is 4.79 Å². The van der Waals surface area contributed by atoms with E-state index in [-0.39, 0.29) is 11.3 Å². The number of benzene rings is 3. The molecule has 1 saturated heterocycles. The smallest absolute Gasteiger partial charge is 0.251 e. The van der Waals surface area contributed by atoms with E-state index < -0.39 is 0 Å². The summed E-state index contributed by atoms with van der Waals surface area (Å²) in [5.74, 6) is 0.821. The predicted octanol–water partition coefficient (Wildman–Crippen LogP) is 4.33. The van der Waals surface area contributed by atoms with Gasteiger partial charge in [-0.2, -0.15) is 0 Å². The SMILES string of the molecule is COc1ccccc1C1(CNC(=O)c2cccc3ccccc23)CCOCC1. The Balaban J connectivity index is 1.62. The number of fused-ring (bicyclic) bond motifs is 1. The van der Waals surface area contributed by atoms with Crippen LogP contribution < -0.4 is 10.1 Å². The summed E-state index contributed by atoms with van der Waals surface area (Å²) in [5, 5.41) is 5.24. The third-order valence-corrected chi connectivity index (χ3v) is 5.75. The van der Waals surface area contributed by atoms with Crippen LogP contribution in [0.1, 0.15) is 28.8 Å². The summed E-state index contributed by atoms with van der Waals surface area (Å²) in [6, 6.07) is 21.9. The quantitative estimate of drug-likeness (QED) is 0.722. The molecule has 0 unspecified atom stereocenters. The first-order chi connectivity index (χ1) is 13.7. The highest BCUT2D eigenvalue weighted by Gasteiger charge is 2.37. The maximum atomic E-state index is 13.1. The highest BCUT2D eigenvalue weighted by molar-refractivity contribution is 6.07. The van der Waals surface area contributed by atoms with Crippen LogP contribution in [0.5, 0.6) is 5.75 Å². The lowest BCUT2D eigenvalue weighted by atomic mass is 9.73. The fraction of sp³-hybridized carbons (Fsp3) is 0.292. The number of para-hydroxylation sites is 1. The van der Waals surface area contributed by atoms with Crippen molar-refractivity contribution in [2.75, 3.05) is 26.9 Å². The standard InChI is InChI=1S/C24H25NO3/c1-27-22-12-5-4-11-21(22)24(13-15-28-16-14-24)17-25-23(26)20-10-6-8-18-7-2-3-9-19(18)20/h2-12H,13-17H2,1H3,(H,25,26). The van der Waals surface area contributed by atoms with E-state index in [2.05, 4.69) is 11.4 Å². The van der Waals surface area contributed by atoms with Crippen LogP contribution >= 0.6 is 0 Å². The second-order valence-corrected chi connectivity index (χ2v) is 7.30. The van der Waals surface area contributed by atoms with Crippen LogP contribution in [0.3, 0.4) is 0 Å². The molecule has 1 amide bonds. The number of hydrogen-bond acceptors (Lipinski definition) is 3. The highest BCUT2D eigenvalue weighted by atomic mass is 16.5. The van der Waals surface area contributed by atoms with E-state index in [1.54, 1.807) is 7.11 Å².